The quantitative estimate of drug-likeness (QED) is 0.565. The van der Waals surface area contributed by atoms with Gasteiger partial charge in [-0.05, 0) is 24.1 Å². The first-order chi connectivity index (χ1) is 10.6. The van der Waals surface area contributed by atoms with Crippen LogP contribution in [-0.4, -0.2) is 4.98 Å². The van der Waals surface area contributed by atoms with E-state index >= 15 is 0 Å². The number of thiazole rings is 1. The van der Waals surface area contributed by atoms with Crippen molar-refractivity contribution in [2.45, 2.75) is 11.8 Å². The summed E-state index contributed by atoms with van der Waals surface area (Å²) < 4.78 is 27.6. The van der Waals surface area contributed by atoms with Gasteiger partial charge in [-0.25, -0.2) is 13.8 Å². The summed E-state index contributed by atoms with van der Waals surface area (Å²) in [7, 11) is 0. The summed E-state index contributed by atoms with van der Waals surface area (Å²) in [5.74, 6) is -1.24. The second-order valence-corrected chi connectivity index (χ2v) is 6.24. The summed E-state index contributed by atoms with van der Waals surface area (Å²) in [6.45, 7) is 0. The van der Waals surface area contributed by atoms with Crippen LogP contribution in [0.25, 0.3) is 11.3 Å². The number of rotatable bonds is 4. The Bertz CT molecular complexity index is 753. The molecule has 0 aliphatic rings. The molecule has 112 valence electrons. The summed E-state index contributed by atoms with van der Waals surface area (Å²) in [6, 6.07) is 13.6. The van der Waals surface area contributed by atoms with Crippen LogP contribution in [0.1, 0.15) is 15.9 Å². The molecule has 0 N–H and O–H groups in total. The lowest BCUT2D eigenvalue weighted by atomic mass is 10.1. The van der Waals surface area contributed by atoms with Gasteiger partial charge in [0.2, 0.25) is 0 Å². The van der Waals surface area contributed by atoms with Gasteiger partial charge in [0.25, 0.3) is 0 Å². The number of benzene rings is 2. The Morgan fingerprint density at radius 3 is 2.36 bits per heavy atom. The van der Waals surface area contributed by atoms with Crippen LogP contribution in [0.15, 0.2) is 53.9 Å². The van der Waals surface area contributed by atoms with Gasteiger partial charge >= 0.3 is 0 Å². The maximum Gasteiger partial charge on any atom is 0.135 e. The highest BCUT2D eigenvalue weighted by Crippen LogP contribution is 2.33. The summed E-state index contributed by atoms with van der Waals surface area (Å²) in [5.41, 5.74) is 1.28. The van der Waals surface area contributed by atoms with Gasteiger partial charge in [0.15, 0.2) is 0 Å². The number of alkyl halides is 1. The minimum atomic E-state index is -0.619. The highest BCUT2D eigenvalue weighted by molar-refractivity contribution is 7.10. The van der Waals surface area contributed by atoms with Crippen LogP contribution in [0, 0.1) is 11.6 Å². The molecular formula is C17H12ClF2NS. The molecule has 0 saturated carbocycles. The Morgan fingerprint density at radius 2 is 1.68 bits per heavy atom. The maximum atomic E-state index is 13.8. The predicted molar refractivity (Wildman–Crippen MR) is 86.2 cm³/mol. The number of hydrogen-bond donors (Lipinski definition) is 0. The van der Waals surface area contributed by atoms with Crippen LogP contribution < -0.4 is 0 Å². The van der Waals surface area contributed by atoms with Crippen LogP contribution >= 0.6 is 22.9 Å². The van der Waals surface area contributed by atoms with E-state index in [0.717, 1.165) is 5.56 Å². The summed E-state index contributed by atoms with van der Waals surface area (Å²) in [6.07, 6.45) is 0.620. The Balaban J connectivity index is 1.85. The lowest BCUT2D eigenvalue weighted by Gasteiger charge is -2.06. The predicted octanol–water partition coefficient (Wildman–Crippen LogP) is 5.61. The molecule has 3 rings (SSSR count). The van der Waals surface area contributed by atoms with Gasteiger partial charge in [0.05, 0.1) is 16.6 Å². The molecule has 1 nitrogen and oxygen atoms in total. The van der Waals surface area contributed by atoms with Crippen LogP contribution in [-0.2, 0) is 6.42 Å². The first-order valence-electron chi connectivity index (χ1n) is 6.73. The number of halogens is 3. The third kappa shape index (κ3) is 3.18. The second-order valence-electron chi connectivity index (χ2n) is 4.82. The highest BCUT2D eigenvalue weighted by Gasteiger charge is 2.18. The average molecular weight is 336 g/mol. The lowest BCUT2D eigenvalue weighted by Crippen LogP contribution is -1.96. The van der Waals surface area contributed by atoms with Crippen molar-refractivity contribution < 1.29 is 8.78 Å². The smallest absolute Gasteiger partial charge is 0.135 e. The third-order valence-electron chi connectivity index (χ3n) is 3.27. The van der Waals surface area contributed by atoms with E-state index in [0.29, 0.717) is 11.4 Å². The van der Waals surface area contributed by atoms with Gasteiger partial charge in [-0.3, -0.25) is 0 Å². The number of nitrogens with zero attached hydrogens (tertiary/aromatic N) is 1. The highest BCUT2D eigenvalue weighted by atomic mass is 35.5. The van der Waals surface area contributed by atoms with Gasteiger partial charge in [-0.15, -0.1) is 22.9 Å². The first-order valence-corrected chi connectivity index (χ1v) is 8.04. The van der Waals surface area contributed by atoms with Crippen LogP contribution in [0.5, 0.6) is 0 Å². The van der Waals surface area contributed by atoms with Crippen molar-refractivity contribution in [1.82, 2.24) is 4.98 Å². The van der Waals surface area contributed by atoms with Crippen molar-refractivity contribution in [3.05, 3.63) is 76.1 Å². The summed E-state index contributed by atoms with van der Waals surface area (Å²) >= 11 is 7.69. The van der Waals surface area contributed by atoms with E-state index in [1.807, 2.05) is 30.3 Å². The molecule has 3 aromatic rings. The Morgan fingerprint density at radius 1 is 1.00 bits per heavy atom. The van der Waals surface area contributed by atoms with Crippen molar-refractivity contribution in [2.24, 2.45) is 0 Å². The SMILES string of the molecule is Fc1cccc(F)c1-c1csc(C(Cl)Cc2ccccc2)n1. The number of hydrogen-bond acceptors (Lipinski definition) is 2. The fourth-order valence-corrected chi connectivity index (χ4v) is 3.36. The molecule has 1 atom stereocenters. The Labute approximate surface area is 136 Å². The van der Waals surface area contributed by atoms with E-state index in [-0.39, 0.29) is 16.6 Å². The largest absolute Gasteiger partial charge is 0.239 e. The van der Waals surface area contributed by atoms with Crippen molar-refractivity contribution in [2.75, 3.05) is 0 Å². The van der Waals surface area contributed by atoms with Crippen molar-refractivity contribution in [1.29, 1.82) is 0 Å². The van der Waals surface area contributed by atoms with Crippen LogP contribution in [0.4, 0.5) is 8.78 Å². The standard InChI is InChI=1S/C17H12ClF2NS/c18-12(9-11-5-2-1-3-6-11)17-21-15(10-22-17)16-13(19)7-4-8-14(16)20/h1-8,10,12H,9H2. The first kappa shape index (κ1) is 15.1. The van der Waals surface area contributed by atoms with Gasteiger partial charge < -0.3 is 0 Å². The Kier molecular flexibility index (Phi) is 4.50. The fourth-order valence-electron chi connectivity index (χ4n) is 2.20. The molecule has 0 saturated heterocycles. The molecule has 0 aliphatic heterocycles. The van der Waals surface area contributed by atoms with E-state index in [1.165, 1.54) is 29.5 Å². The van der Waals surface area contributed by atoms with Gasteiger partial charge in [-0.2, -0.15) is 0 Å². The van der Waals surface area contributed by atoms with E-state index in [2.05, 4.69) is 4.98 Å². The molecule has 1 unspecified atom stereocenters. The maximum absolute atomic E-state index is 13.8. The minimum Gasteiger partial charge on any atom is -0.239 e. The van der Waals surface area contributed by atoms with E-state index < -0.39 is 11.6 Å². The normalized spacial score (nSPS) is 12.3. The van der Waals surface area contributed by atoms with Gasteiger partial charge in [0, 0.05) is 5.38 Å². The van der Waals surface area contributed by atoms with Crippen molar-refractivity contribution >= 4 is 22.9 Å². The molecule has 5 heteroatoms. The zero-order valence-electron chi connectivity index (χ0n) is 11.5. The molecule has 0 amide bonds. The van der Waals surface area contributed by atoms with Gasteiger partial charge in [0.1, 0.15) is 16.6 Å². The van der Waals surface area contributed by atoms with Crippen molar-refractivity contribution in [3.8, 4) is 11.3 Å². The molecule has 0 fully saturated rings. The van der Waals surface area contributed by atoms with E-state index in [1.54, 1.807) is 5.38 Å². The van der Waals surface area contributed by atoms with E-state index in [9.17, 15) is 8.78 Å². The van der Waals surface area contributed by atoms with Crippen LogP contribution in [0.3, 0.4) is 0 Å². The summed E-state index contributed by atoms with van der Waals surface area (Å²) in [5, 5.41) is 1.97. The number of aromatic nitrogens is 1. The van der Waals surface area contributed by atoms with E-state index in [4.69, 9.17) is 11.6 Å². The molecule has 22 heavy (non-hydrogen) atoms. The minimum absolute atomic E-state index is 0.103. The molecule has 0 spiro atoms. The molecule has 1 aromatic heterocycles. The Hall–Kier alpha value is -1.78. The second kappa shape index (κ2) is 6.55. The third-order valence-corrected chi connectivity index (χ3v) is 4.72. The fraction of sp³-hybridized carbons (Fsp3) is 0.118. The monoisotopic (exact) mass is 335 g/mol. The average Bonchev–Trinajstić information content (AvgIpc) is 2.98. The molecule has 0 aliphatic carbocycles. The zero-order valence-corrected chi connectivity index (χ0v) is 13.0. The molecule has 2 aromatic carbocycles. The van der Waals surface area contributed by atoms with Crippen molar-refractivity contribution in [3.63, 3.8) is 0 Å². The van der Waals surface area contributed by atoms with Crippen LogP contribution in [0.2, 0.25) is 0 Å². The lowest BCUT2D eigenvalue weighted by molar-refractivity contribution is 0.589. The summed E-state index contributed by atoms with van der Waals surface area (Å²) in [4.78, 5) is 4.30. The molecule has 0 bridgehead atoms. The molecule has 1 heterocycles. The van der Waals surface area contributed by atoms with Gasteiger partial charge in [-0.1, -0.05) is 36.4 Å². The molecular weight excluding hydrogens is 324 g/mol. The molecule has 0 radical (unpaired) electrons. The zero-order chi connectivity index (χ0) is 15.5. The topological polar surface area (TPSA) is 12.9 Å².